The molecule has 0 aliphatic carbocycles. The highest BCUT2D eigenvalue weighted by atomic mass is 32.2. The van der Waals surface area contributed by atoms with E-state index in [0.29, 0.717) is 24.5 Å². The molecule has 1 saturated heterocycles. The number of sulfonamides is 1. The van der Waals surface area contributed by atoms with Gasteiger partial charge in [0.25, 0.3) is 10.0 Å². The molecular formula is C19H21FN2O3S. The van der Waals surface area contributed by atoms with Crippen LogP contribution in [0.1, 0.15) is 19.4 Å². The average molecular weight is 376 g/mol. The lowest BCUT2D eigenvalue weighted by Crippen LogP contribution is -2.48. The summed E-state index contributed by atoms with van der Waals surface area (Å²) in [6.07, 6.45) is -0.0811. The summed E-state index contributed by atoms with van der Waals surface area (Å²) in [5, 5.41) is 0. The van der Waals surface area contributed by atoms with E-state index in [4.69, 9.17) is 4.74 Å². The molecule has 0 unspecified atom stereocenters. The van der Waals surface area contributed by atoms with Crippen LogP contribution in [0.5, 0.6) is 0 Å². The minimum absolute atomic E-state index is 0.0401. The van der Waals surface area contributed by atoms with Crippen molar-refractivity contribution in [3.8, 4) is 0 Å². The predicted octanol–water partition coefficient (Wildman–Crippen LogP) is 3.07. The molecule has 26 heavy (non-hydrogen) atoms. The molecule has 0 N–H and O–H groups in total. The van der Waals surface area contributed by atoms with E-state index in [1.54, 1.807) is 0 Å². The van der Waals surface area contributed by atoms with Crippen LogP contribution in [0.4, 0.5) is 4.39 Å². The maximum atomic E-state index is 13.1. The quantitative estimate of drug-likeness (QED) is 0.610. The van der Waals surface area contributed by atoms with Crippen molar-refractivity contribution in [1.29, 1.82) is 0 Å². The number of ether oxygens (including phenoxy) is 1. The van der Waals surface area contributed by atoms with E-state index in [1.807, 2.05) is 49.1 Å². The molecule has 0 saturated carbocycles. The molecule has 1 aliphatic rings. The molecule has 0 aromatic heterocycles. The number of hydrogen-bond donors (Lipinski definition) is 0. The zero-order chi connectivity index (χ0) is 18.7. The predicted molar refractivity (Wildman–Crippen MR) is 98.1 cm³/mol. The number of halogens is 1. The van der Waals surface area contributed by atoms with E-state index in [1.165, 1.54) is 12.1 Å². The SMILES string of the molecule is C[C@@H]1CN(C(=NS(=O)(=O)c2ccc(F)cc2)c2ccccc2)C[C@H](C)O1. The van der Waals surface area contributed by atoms with E-state index in [-0.39, 0.29) is 17.1 Å². The summed E-state index contributed by atoms with van der Waals surface area (Å²) in [7, 11) is -3.97. The fourth-order valence-electron chi connectivity index (χ4n) is 3.00. The second-order valence-electron chi connectivity index (χ2n) is 6.37. The zero-order valence-electron chi connectivity index (χ0n) is 14.7. The van der Waals surface area contributed by atoms with Crippen molar-refractivity contribution in [2.45, 2.75) is 31.0 Å². The van der Waals surface area contributed by atoms with Gasteiger partial charge in [-0.05, 0) is 38.1 Å². The first-order valence-corrected chi connectivity index (χ1v) is 9.85. The van der Waals surface area contributed by atoms with Crippen molar-refractivity contribution < 1.29 is 17.5 Å². The number of morpholine rings is 1. The molecule has 0 amide bonds. The minimum Gasteiger partial charge on any atom is -0.372 e. The average Bonchev–Trinajstić information content (AvgIpc) is 2.60. The third-order valence-corrected chi connectivity index (χ3v) is 5.35. The fraction of sp³-hybridized carbons (Fsp3) is 0.316. The van der Waals surface area contributed by atoms with Crippen LogP contribution in [-0.2, 0) is 14.8 Å². The molecule has 138 valence electrons. The van der Waals surface area contributed by atoms with Gasteiger partial charge in [-0.2, -0.15) is 8.42 Å². The van der Waals surface area contributed by atoms with Crippen LogP contribution >= 0.6 is 0 Å². The molecule has 0 bridgehead atoms. The Bertz CT molecular complexity index is 873. The lowest BCUT2D eigenvalue weighted by Gasteiger charge is -2.37. The molecule has 2 atom stereocenters. The monoisotopic (exact) mass is 376 g/mol. The van der Waals surface area contributed by atoms with Crippen LogP contribution in [0.2, 0.25) is 0 Å². The molecule has 2 aromatic rings. The Hall–Kier alpha value is -2.25. The Labute approximate surface area is 153 Å². The van der Waals surface area contributed by atoms with Gasteiger partial charge in [-0.25, -0.2) is 4.39 Å². The Balaban J connectivity index is 2.05. The van der Waals surface area contributed by atoms with Gasteiger partial charge in [-0.3, -0.25) is 0 Å². The molecule has 0 spiro atoms. The van der Waals surface area contributed by atoms with Gasteiger partial charge < -0.3 is 9.64 Å². The van der Waals surface area contributed by atoms with Crippen LogP contribution in [0.25, 0.3) is 0 Å². The zero-order valence-corrected chi connectivity index (χ0v) is 15.5. The van der Waals surface area contributed by atoms with Gasteiger partial charge in [0.1, 0.15) is 11.7 Å². The first-order chi connectivity index (χ1) is 12.3. The largest absolute Gasteiger partial charge is 0.372 e. The third kappa shape index (κ3) is 4.28. The standard InChI is InChI=1S/C19H21FN2O3S/c1-14-12-22(13-15(2)25-14)19(16-6-4-3-5-7-16)21-26(23,24)18-10-8-17(20)9-11-18/h3-11,14-15H,12-13H2,1-2H3/t14-,15+. The lowest BCUT2D eigenvalue weighted by molar-refractivity contribution is -0.0478. The van der Waals surface area contributed by atoms with Gasteiger partial charge in [-0.15, -0.1) is 4.40 Å². The van der Waals surface area contributed by atoms with Crippen molar-refractivity contribution in [2.24, 2.45) is 4.40 Å². The third-order valence-electron chi connectivity index (χ3n) is 4.07. The van der Waals surface area contributed by atoms with Crippen molar-refractivity contribution in [3.63, 3.8) is 0 Å². The molecular weight excluding hydrogens is 355 g/mol. The summed E-state index contributed by atoms with van der Waals surface area (Å²) < 4.78 is 48.5. The number of rotatable bonds is 3. The van der Waals surface area contributed by atoms with E-state index in [0.717, 1.165) is 12.1 Å². The number of amidine groups is 1. The summed E-state index contributed by atoms with van der Waals surface area (Å²) >= 11 is 0. The van der Waals surface area contributed by atoms with Gasteiger partial charge >= 0.3 is 0 Å². The fourth-order valence-corrected chi connectivity index (χ4v) is 4.04. The highest BCUT2D eigenvalue weighted by Crippen LogP contribution is 2.19. The van der Waals surface area contributed by atoms with Crippen LogP contribution in [0, 0.1) is 5.82 Å². The molecule has 1 heterocycles. The Morgan fingerprint density at radius 3 is 2.19 bits per heavy atom. The molecule has 3 rings (SSSR count). The highest BCUT2D eigenvalue weighted by Gasteiger charge is 2.27. The van der Waals surface area contributed by atoms with Crippen molar-refractivity contribution in [1.82, 2.24) is 4.90 Å². The first kappa shape index (κ1) is 18.5. The van der Waals surface area contributed by atoms with E-state index in [2.05, 4.69) is 4.40 Å². The lowest BCUT2D eigenvalue weighted by atomic mass is 10.1. The van der Waals surface area contributed by atoms with E-state index >= 15 is 0 Å². The van der Waals surface area contributed by atoms with Crippen LogP contribution in [0.3, 0.4) is 0 Å². The normalized spacial score (nSPS) is 21.7. The summed E-state index contributed by atoms with van der Waals surface area (Å²) in [4.78, 5) is 1.89. The number of benzene rings is 2. The molecule has 1 aliphatic heterocycles. The molecule has 2 aromatic carbocycles. The number of hydrogen-bond acceptors (Lipinski definition) is 3. The maximum absolute atomic E-state index is 13.1. The Kier molecular flexibility index (Phi) is 5.38. The van der Waals surface area contributed by atoms with Gasteiger partial charge in [0, 0.05) is 18.7 Å². The van der Waals surface area contributed by atoms with Gasteiger partial charge in [-0.1, -0.05) is 30.3 Å². The maximum Gasteiger partial charge on any atom is 0.284 e. The summed E-state index contributed by atoms with van der Waals surface area (Å²) in [5.41, 5.74) is 0.708. The van der Waals surface area contributed by atoms with Crippen molar-refractivity contribution >= 4 is 15.9 Å². The van der Waals surface area contributed by atoms with Gasteiger partial charge in [0.2, 0.25) is 0 Å². The summed E-state index contributed by atoms with van der Waals surface area (Å²) in [6.45, 7) is 4.97. The first-order valence-electron chi connectivity index (χ1n) is 8.41. The molecule has 7 heteroatoms. The van der Waals surface area contributed by atoms with Crippen LogP contribution < -0.4 is 0 Å². The molecule has 0 radical (unpaired) electrons. The molecule has 5 nitrogen and oxygen atoms in total. The summed E-state index contributed by atoms with van der Waals surface area (Å²) in [5.74, 6) is -0.121. The summed E-state index contributed by atoms with van der Waals surface area (Å²) in [6, 6.07) is 13.9. The van der Waals surface area contributed by atoms with Gasteiger partial charge in [0.05, 0.1) is 17.1 Å². The Morgan fingerprint density at radius 1 is 1.04 bits per heavy atom. The van der Waals surface area contributed by atoms with Crippen LogP contribution in [0.15, 0.2) is 63.9 Å². The van der Waals surface area contributed by atoms with Crippen LogP contribution in [-0.4, -0.2) is 44.5 Å². The molecule has 1 fully saturated rings. The smallest absolute Gasteiger partial charge is 0.284 e. The topological polar surface area (TPSA) is 59.0 Å². The minimum atomic E-state index is -3.97. The highest BCUT2D eigenvalue weighted by molar-refractivity contribution is 7.90. The van der Waals surface area contributed by atoms with Crippen molar-refractivity contribution in [3.05, 3.63) is 66.0 Å². The van der Waals surface area contributed by atoms with Gasteiger partial charge in [0.15, 0.2) is 0 Å². The Morgan fingerprint density at radius 2 is 1.62 bits per heavy atom. The second-order valence-corrected chi connectivity index (χ2v) is 7.98. The second kappa shape index (κ2) is 7.55. The van der Waals surface area contributed by atoms with Crippen molar-refractivity contribution in [2.75, 3.05) is 13.1 Å². The van der Waals surface area contributed by atoms with E-state index in [9.17, 15) is 12.8 Å². The number of nitrogens with zero attached hydrogens (tertiary/aromatic N) is 2. The van der Waals surface area contributed by atoms with E-state index < -0.39 is 15.8 Å².